The first-order valence-electron chi connectivity index (χ1n) is 12.2. The fourth-order valence-electron chi connectivity index (χ4n) is 3.96. The largest absolute Gasteiger partial charge is 0.334 e. The van der Waals surface area contributed by atoms with E-state index in [4.69, 9.17) is 0 Å². The summed E-state index contributed by atoms with van der Waals surface area (Å²) in [6.45, 7) is 3.96. The summed E-state index contributed by atoms with van der Waals surface area (Å²) in [6, 6.07) is 8.26. The maximum absolute atomic E-state index is 14.1. The van der Waals surface area contributed by atoms with E-state index in [-0.39, 0.29) is 50.0 Å². The number of hydrogen-bond donors (Lipinski definition) is 1. The van der Waals surface area contributed by atoms with Crippen LogP contribution in [0.5, 0.6) is 0 Å². The van der Waals surface area contributed by atoms with Crippen LogP contribution in [-0.4, -0.2) is 70.5 Å². The molecule has 2 saturated heterocycles. The molecule has 1 atom stereocenters. The third-order valence-electron chi connectivity index (χ3n) is 6.18. The topological polar surface area (TPSA) is 76.2 Å². The molecular formula is C26H32F3N5O3. The van der Waals surface area contributed by atoms with Crippen molar-refractivity contribution in [3.05, 3.63) is 71.0 Å². The Hall–Kier alpha value is -3.60. The van der Waals surface area contributed by atoms with Crippen molar-refractivity contribution in [3.8, 4) is 0 Å². The van der Waals surface area contributed by atoms with Crippen molar-refractivity contribution >= 4 is 17.8 Å². The van der Waals surface area contributed by atoms with Gasteiger partial charge >= 0.3 is 6.03 Å². The quantitative estimate of drug-likeness (QED) is 0.657. The van der Waals surface area contributed by atoms with Gasteiger partial charge in [-0.2, -0.15) is 0 Å². The second-order valence-corrected chi connectivity index (χ2v) is 8.96. The van der Waals surface area contributed by atoms with Crippen LogP contribution in [0.3, 0.4) is 0 Å². The molecule has 0 aliphatic carbocycles. The van der Waals surface area contributed by atoms with E-state index in [1.54, 1.807) is 19.2 Å². The zero-order valence-corrected chi connectivity index (χ0v) is 21.2. The number of nitrogens with one attached hydrogen (secondary N) is 1. The van der Waals surface area contributed by atoms with Crippen LogP contribution in [0.15, 0.2) is 42.5 Å². The molecule has 0 aromatic heterocycles. The van der Waals surface area contributed by atoms with Gasteiger partial charge in [0.1, 0.15) is 30.2 Å². The maximum atomic E-state index is 14.1. The second-order valence-electron chi connectivity index (χ2n) is 8.96. The molecule has 4 rings (SSSR count). The van der Waals surface area contributed by atoms with Crippen LogP contribution in [-0.2, 0) is 22.7 Å². The maximum Gasteiger partial charge on any atom is 0.334 e. The van der Waals surface area contributed by atoms with Gasteiger partial charge in [-0.3, -0.25) is 9.59 Å². The molecule has 2 fully saturated rings. The minimum Gasteiger partial charge on any atom is -0.333 e. The van der Waals surface area contributed by atoms with Gasteiger partial charge in [0.25, 0.3) is 0 Å². The highest BCUT2D eigenvalue weighted by molar-refractivity contribution is 5.89. The number of carbonyl (C=O) groups is 3. The molecule has 1 unspecified atom stereocenters. The molecule has 0 bridgehead atoms. The van der Waals surface area contributed by atoms with E-state index < -0.39 is 29.7 Å². The summed E-state index contributed by atoms with van der Waals surface area (Å²) in [6.07, 6.45) is 1.84. The van der Waals surface area contributed by atoms with Crippen LogP contribution in [0.25, 0.3) is 0 Å². The smallest absolute Gasteiger partial charge is 0.333 e. The number of hydrazine groups is 1. The lowest BCUT2D eigenvalue weighted by Crippen LogP contribution is -2.73. The van der Waals surface area contributed by atoms with E-state index >= 15 is 0 Å². The fraction of sp³-hybridized carbons (Fsp3) is 0.423. The Morgan fingerprint density at radius 3 is 2.22 bits per heavy atom. The number of halogens is 3. The Balaban J connectivity index is 0.000000886. The molecule has 2 aromatic carbocycles. The Bertz CT molecular complexity index is 1110. The molecular weight excluding hydrogens is 487 g/mol. The normalized spacial score (nSPS) is 17.8. The van der Waals surface area contributed by atoms with Crippen LogP contribution >= 0.6 is 0 Å². The van der Waals surface area contributed by atoms with Gasteiger partial charge in [-0.05, 0) is 23.8 Å². The molecule has 2 aliphatic rings. The minimum absolute atomic E-state index is 0.0459. The predicted molar refractivity (Wildman–Crippen MR) is 131 cm³/mol. The number of likely N-dealkylation sites (N-methyl/N-ethyl adjacent to an activating group) is 1. The van der Waals surface area contributed by atoms with Crippen LogP contribution in [0, 0.1) is 17.5 Å². The highest BCUT2D eigenvalue weighted by atomic mass is 19.1. The Morgan fingerprint density at radius 1 is 0.946 bits per heavy atom. The summed E-state index contributed by atoms with van der Waals surface area (Å²) in [5, 5.41) is 5.53. The molecule has 0 radical (unpaired) electrons. The first-order valence-corrected chi connectivity index (χ1v) is 12.2. The summed E-state index contributed by atoms with van der Waals surface area (Å²) < 4.78 is 40.5. The van der Waals surface area contributed by atoms with E-state index in [1.165, 1.54) is 50.9 Å². The number of benzene rings is 2. The van der Waals surface area contributed by atoms with Crippen molar-refractivity contribution in [3.63, 3.8) is 0 Å². The zero-order valence-electron chi connectivity index (χ0n) is 21.2. The Morgan fingerprint density at radius 2 is 1.59 bits per heavy atom. The van der Waals surface area contributed by atoms with E-state index in [2.05, 4.69) is 19.2 Å². The second kappa shape index (κ2) is 12.6. The van der Waals surface area contributed by atoms with E-state index in [0.717, 1.165) is 12.1 Å². The summed E-state index contributed by atoms with van der Waals surface area (Å²) in [5.74, 6) is -2.61. The van der Waals surface area contributed by atoms with Gasteiger partial charge in [-0.15, -0.1) is 0 Å². The van der Waals surface area contributed by atoms with E-state index in [0.29, 0.717) is 5.56 Å². The lowest BCUT2D eigenvalue weighted by molar-refractivity contribution is -0.178. The average molecular weight is 520 g/mol. The first-order chi connectivity index (χ1) is 17.6. The van der Waals surface area contributed by atoms with Gasteiger partial charge in [0.2, 0.25) is 11.8 Å². The minimum atomic E-state index is -0.800. The molecule has 4 amide bonds. The molecule has 1 N–H and O–H groups in total. The van der Waals surface area contributed by atoms with E-state index in [9.17, 15) is 27.6 Å². The van der Waals surface area contributed by atoms with Crippen molar-refractivity contribution in [2.45, 2.75) is 45.9 Å². The number of hydrogen-bond acceptors (Lipinski definition) is 4. The van der Waals surface area contributed by atoms with Gasteiger partial charge in [0.15, 0.2) is 0 Å². The molecule has 37 heavy (non-hydrogen) atoms. The van der Waals surface area contributed by atoms with Crippen LogP contribution in [0.4, 0.5) is 18.0 Å². The van der Waals surface area contributed by atoms with Crippen molar-refractivity contribution in [1.82, 2.24) is 25.1 Å². The lowest BCUT2D eigenvalue weighted by atomic mass is 10.1. The van der Waals surface area contributed by atoms with Gasteiger partial charge in [0.05, 0.1) is 13.1 Å². The van der Waals surface area contributed by atoms with Crippen LogP contribution < -0.4 is 5.32 Å². The summed E-state index contributed by atoms with van der Waals surface area (Å²) in [5.41, 5.74) is 0.811. The lowest BCUT2D eigenvalue weighted by Gasteiger charge is -2.51. The molecule has 0 spiro atoms. The third-order valence-corrected chi connectivity index (χ3v) is 6.18. The van der Waals surface area contributed by atoms with Gasteiger partial charge < -0.3 is 15.1 Å². The van der Waals surface area contributed by atoms with Gasteiger partial charge in [0, 0.05) is 31.8 Å². The monoisotopic (exact) mass is 519 g/mol. The third kappa shape index (κ3) is 7.00. The zero-order chi connectivity index (χ0) is 27.1. The predicted octanol–water partition coefficient (Wildman–Crippen LogP) is 3.48. The molecule has 2 aliphatic heterocycles. The first kappa shape index (κ1) is 28.0. The highest BCUT2D eigenvalue weighted by Crippen LogP contribution is 2.23. The van der Waals surface area contributed by atoms with Crippen molar-refractivity contribution in [2.24, 2.45) is 0 Å². The molecule has 2 aromatic rings. The molecule has 2 heterocycles. The van der Waals surface area contributed by atoms with Crippen molar-refractivity contribution in [2.75, 3.05) is 26.7 Å². The summed E-state index contributed by atoms with van der Waals surface area (Å²) in [7, 11) is 1.58. The number of amides is 4. The van der Waals surface area contributed by atoms with Crippen molar-refractivity contribution in [1.29, 1.82) is 0 Å². The Labute approximate surface area is 214 Å². The molecule has 200 valence electrons. The van der Waals surface area contributed by atoms with Gasteiger partial charge in [-0.1, -0.05) is 44.9 Å². The fourth-order valence-corrected chi connectivity index (χ4v) is 3.96. The number of unbranched alkanes of at least 4 members (excludes halogenated alkanes) is 1. The number of rotatable bonds is 5. The summed E-state index contributed by atoms with van der Waals surface area (Å²) >= 11 is 0. The number of piperazine rings is 1. The number of nitrogens with zero attached hydrogens (tertiary/aromatic N) is 4. The van der Waals surface area contributed by atoms with Crippen LogP contribution in [0.1, 0.15) is 37.8 Å². The van der Waals surface area contributed by atoms with Crippen LogP contribution in [0.2, 0.25) is 0 Å². The molecule has 11 heteroatoms. The summed E-state index contributed by atoms with van der Waals surface area (Å²) in [4.78, 5) is 40.8. The number of carbonyl (C=O) groups excluding carboxylic acids is 3. The number of fused-ring (bicyclic) bond motifs is 1. The standard InChI is InChI=1S/C22H22F3N5O3.C4H10/c1-27-12-21(32)29-13-20(31)28(10-15-4-7-17(24)8-18(15)25)11-19(29)30(27)22(33)26-9-14-2-5-16(23)6-3-14;1-3-4-2/h2-8,19H,9-13H2,1H3,(H,26,33);3-4H2,1-2H3. The van der Waals surface area contributed by atoms with Gasteiger partial charge in [-0.25, -0.2) is 28.0 Å². The van der Waals surface area contributed by atoms with Crippen molar-refractivity contribution < 1.29 is 27.6 Å². The Kier molecular flexibility index (Phi) is 9.51. The highest BCUT2D eigenvalue weighted by Gasteiger charge is 2.45. The SMILES string of the molecule is CCCC.CN1CC(=O)N2CC(=O)N(Cc3ccc(F)cc3F)CC2N1C(=O)NCc1ccc(F)cc1. The number of urea groups is 1. The molecule has 8 nitrogen and oxygen atoms in total. The van der Waals surface area contributed by atoms with E-state index in [1.807, 2.05) is 0 Å². The average Bonchev–Trinajstić information content (AvgIpc) is 2.86. The molecule has 0 saturated carbocycles.